The van der Waals surface area contributed by atoms with Crippen molar-refractivity contribution in [1.29, 1.82) is 0 Å². The molecule has 31 heavy (non-hydrogen) atoms. The molecular weight excluding hydrogens is 416 g/mol. The zero-order valence-electron chi connectivity index (χ0n) is 18.5. The third-order valence-corrected chi connectivity index (χ3v) is 7.02. The number of ether oxygens (including phenoxy) is 1. The first-order chi connectivity index (χ1) is 14.5. The number of hydrogen-bond acceptors (Lipinski definition) is 6. The minimum Gasteiger partial charge on any atom is -0.462 e. The van der Waals surface area contributed by atoms with Gasteiger partial charge >= 0.3 is 5.97 Å². The van der Waals surface area contributed by atoms with Crippen molar-refractivity contribution in [2.24, 2.45) is 11.3 Å². The maximum absolute atomic E-state index is 12.9. The van der Waals surface area contributed by atoms with Crippen LogP contribution in [0.25, 0.3) is 0 Å². The van der Waals surface area contributed by atoms with Gasteiger partial charge in [0.1, 0.15) is 5.00 Å². The summed E-state index contributed by atoms with van der Waals surface area (Å²) in [5, 5.41) is 14.4. The van der Waals surface area contributed by atoms with Gasteiger partial charge in [-0.15, -0.1) is 11.3 Å². The number of nitrogens with one attached hydrogen (secondary N) is 1. The summed E-state index contributed by atoms with van der Waals surface area (Å²) in [4.78, 5) is 37.3. The van der Waals surface area contributed by atoms with Crippen molar-refractivity contribution >= 4 is 33.9 Å². The van der Waals surface area contributed by atoms with Gasteiger partial charge in [-0.2, -0.15) is 0 Å². The second-order valence-corrected chi connectivity index (χ2v) is 10.1. The van der Waals surface area contributed by atoms with Crippen LogP contribution in [-0.4, -0.2) is 23.4 Å². The molecule has 2 aromatic rings. The molecule has 1 aromatic carbocycles. The molecule has 0 spiro atoms. The number of esters is 1. The molecule has 0 fully saturated rings. The Kier molecular flexibility index (Phi) is 6.50. The quantitative estimate of drug-likeness (QED) is 0.371. The largest absolute Gasteiger partial charge is 0.462 e. The molecule has 1 aliphatic rings. The summed E-state index contributed by atoms with van der Waals surface area (Å²) < 4.78 is 5.28. The molecule has 1 aromatic heterocycles. The first-order valence-electron chi connectivity index (χ1n) is 10.4. The number of carbonyl (C=O) groups is 2. The molecule has 7 nitrogen and oxygen atoms in total. The number of carbonyl (C=O) groups excluding carboxylic acids is 2. The predicted molar refractivity (Wildman–Crippen MR) is 121 cm³/mol. The highest BCUT2D eigenvalue weighted by atomic mass is 32.1. The summed E-state index contributed by atoms with van der Waals surface area (Å²) in [7, 11) is 0. The van der Waals surface area contributed by atoms with Crippen LogP contribution in [0.15, 0.2) is 18.2 Å². The zero-order chi connectivity index (χ0) is 22.9. The van der Waals surface area contributed by atoms with E-state index < -0.39 is 16.8 Å². The molecule has 1 N–H and O–H groups in total. The van der Waals surface area contributed by atoms with Crippen molar-refractivity contribution in [3.05, 3.63) is 55.4 Å². The molecule has 1 aliphatic carbocycles. The molecule has 166 valence electrons. The van der Waals surface area contributed by atoms with Crippen LogP contribution in [0.3, 0.4) is 0 Å². The molecular formula is C23H28N2O5S. The molecule has 8 heteroatoms. The van der Waals surface area contributed by atoms with Crippen LogP contribution in [0, 0.1) is 28.4 Å². The van der Waals surface area contributed by atoms with Crippen molar-refractivity contribution < 1.29 is 19.2 Å². The number of hydrogen-bond donors (Lipinski definition) is 1. The van der Waals surface area contributed by atoms with Crippen molar-refractivity contribution in [2.45, 2.75) is 53.9 Å². The second kappa shape index (κ2) is 8.78. The van der Waals surface area contributed by atoms with Crippen molar-refractivity contribution in [3.63, 3.8) is 0 Å². The summed E-state index contributed by atoms with van der Waals surface area (Å²) in [6.07, 6.45) is 2.62. The number of thiophene rings is 1. The van der Waals surface area contributed by atoms with E-state index in [9.17, 15) is 19.7 Å². The molecule has 3 rings (SSSR count). The number of nitrogens with zero attached hydrogens (tertiary/aromatic N) is 1. The molecule has 0 aliphatic heterocycles. The fourth-order valence-corrected chi connectivity index (χ4v) is 5.32. The topological polar surface area (TPSA) is 98.5 Å². The van der Waals surface area contributed by atoms with Gasteiger partial charge in [0.05, 0.1) is 17.1 Å². The molecule has 0 saturated heterocycles. The Morgan fingerprint density at radius 1 is 1.32 bits per heavy atom. The predicted octanol–water partition coefficient (Wildman–Crippen LogP) is 5.54. The van der Waals surface area contributed by atoms with Gasteiger partial charge in [0.25, 0.3) is 11.6 Å². The van der Waals surface area contributed by atoms with E-state index in [1.54, 1.807) is 13.8 Å². The van der Waals surface area contributed by atoms with E-state index >= 15 is 0 Å². The Hall–Kier alpha value is -2.74. The number of aryl methyl sites for hydroxylation is 1. The number of anilines is 1. The minimum atomic E-state index is -0.477. The van der Waals surface area contributed by atoms with Gasteiger partial charge in [-0.25, -0.2) is 4.79 Å². The number of benzene rings is 1. The Labute approximate surface area is 186 Å². The Balaban J connectivity index is 1.94. The van der Waals surface area contributed by atoms with Crippen molar-refractivity contribution in [3.8, 4) is 0 Å². The van der Waals surface area contributed by atoms with Crippen LogP contribution in [0.5, 0.6) is 0 Å². The Morgan fingerprint density at radius 3 is 2.61 bits per heavy atom. The van der Waals surface area contributed by atoms with Crippen molar-refractivity contribution in [2.75, 3.05) is 11.9 Å². The highest BCUT2D eigenvalue weighted by Crippen LogP contribution is 2.44. The molecule has 1 heterocycles. The average Bonchev–Trinajstić information content (AvgIpc) is 3.04. The third-order valence-electron chi connectivity index (χ3n) is 5.85. The minimum absolute atomic E-state index is 0.0384. The molecule has 1 amide bonds. The maximum Gasteiger partial charge on any atom is 0.341 e. The standard InChI is InChI=1S/C23H28N2O5S/c1-6-30-22(27)19-16-9-8-15(23(3,4)5)12-18(16)31-21(19)24-20(26)14-7-10-17(25(28)29)13(2)11-14/h7,10-11,15H,6,8-9,12H2,1-5H3,(H,24,26). The molecule has 0 saturated carbocycles. The first kappa shape index (κ1) is 22.9. The molecule has 1 atom stereocenters. The summed E-state index contributed by atoms with van der Waals surface area (Å²) in [5.41, 5.74) is 2.24. The van der Waals surface area contributed by atoms with Gasteiger partial charge in [-0.3, -0.25) is 14.9 Å². The molecule has 0 radical (unpaired) electrons. The van der Waals surface area contributed by atoms with E-state index in [1.165, 1.54) is 29.5 Å². The van der Waals surface area contributed by atoms with Crippen LogP contribution in [0.4, 0.5) is 10.7 Å². The summed E-state index contributed by atoms with van der Waals surface area (Å²) in [6.45, 7) is 10.3. The summed E-state index contributed by atoms with van der Waals surface area (Å²) >= 11 is 1.43. The molecule has 1 unspecified atom stereocenters. The smallest absolute Gasteiger partial charge is 0.341 e. The number of nitro benzene ring substituents is 1. The fourth-order valence-electron chi connectivity index (χ4n) is 4.01. The number of fused-ring (bicyclic) bond motifs is 1. The molecule has 0 bridgehead atoms. The van der Waals surface area contributed by atoms with Gasteiger partial charge in [-0.05, 0) is 62.1 Å². The number of nitro groups is 1. The van der Waals surface area contributed by atoms with Gasteiger partial charge in [0.2, 0.25) is 0 Å². The number of rotatable bonds is 5. The van der Waals surface area contributed by atoms with Crippen LogP contribution < -0.4 is 5.32 Å². The Bertz CT molecular complexity index is 1040. The fraction of sp³-hybridized carbons (Fsp3) is 0.478. The monoisotopic (exact) mass is 444 g/mol. The summed E-state index contributed by atoms with van der Waals surface area (Å²) in [5.74, 6) is -0.339. The normalized spacial score (nSPS) is 15.8. The lowest BCUT2D eigenvalue weighted by atomic mass is 9.72. The van der Waals surface area contributed by atoms with Gasteiger partial charge in [-0.1, -0.05) is 20.8 Å². The third kappa shape index (κ3) is 4.79. The highest BCUT2D eigenvalue weighted by Gasteiger charge is 2.34. The number of amides is 1. The van der Waals surface area contributed by atoms with E-state index in [4.69, 9.17) is 4.74 Å². The maximum atomic E-state index is 12.9. The average molecular weight is 445 g/mol. The lowest BCUT2D eigenvalue weighted by Crippen LogP contribution is -2.26. The zero-order valence-corrected chi connectivity index (χ0v) is 19.4. The Morgan fingerprint density at radius 2 is 2.03 bits per heavy atom. The van der Waals surface area contributed by atoms with E-state index in [2.05, 4.69) is 26.1 Å². The van der Waals surface area contributed by atoms with E-state index in [-0.39, 0.29) is 17.7 Å². The van der Waals surface area contributed by atoms with Crippen LogP contribution >= 0.6 is 11.3 Å². The first-order valence-corrected chi connectivity index (χ1v) is 11.2. The summed E-state index contributed by atoms with van der Waals surface area (Å²) in [6, 6.07) is 4.23. The van der Waals surface area contributed by atoms with Crippen LogP contribution in [-0.2, 0) is 17.6 Å². The van der Waals surface area contributed by atoms with Crippen LogP contribution in [0.1, 0.15) is 70.8 Å². The van der Waals surface area contributed by atoms with E-state index in [0.717, 1.165) is 29.7 Å². The van der Waals surface area contributed by atoms with Gasteiger partial charge in [0, 0.05) is 22.1 Å². The SMILES string of the molecule is CCOC(=O)c1c(NC(=O)c2ccc([N+](=O)[O-])c(C)c2)sc2c1CCC(C(C)(C)C)C2. The van der Waals surface area contributed by atoms with Crippen molar-refractivity contribution in [1.82, 2.24) is 0 Å². The lowest BCUT2D eigenvalue weighted by molar-refractivity contribution is -0.385. The second-order valence-electron chi connectivity index (χ2n) is 8.95. The van der Waals surface area contributed by atoms with Gasteiger partial charge < -0.3 is 10.1 Å². The van der Waals surface area contributed by atoms with E-state index in [0.29, 0.717) is 27.6 Å². The van der Waals surface area contributed by atoms with Crippen LogP contribution in [0.2, 0.25) is 0 Å². The lowest BCUT2D eigenvalue weighted by Gasteiger charge is -2.33. The van der Waals surface area contributed by atoms with Gasteiger partial charge in [0.15, 0.2) is 0 Å². The highest BCUT2D eigenvalue weighted by molar-refractivity contribution is 7.17. The van der Waals surface area contributed by atoms with E-state index in [1.807, 2.05) is 0 Å².